The second kappa shape index (κ2) is 4.30. The molecule has 0 aliphatic carbocycles. The van der Waals surface area contributed by atoms with Crippen LogP contribution in [0.4, 0.5) is 0 Å². The lowest BCUT2D eigenvalue weighted by molar-refractivity contribution is 0.412. The van der Waals surface area contributed by atoms with Crippen LogP contribution in [0.2, 0.25) is 0 Å². The van der Waals surface area contributed by atoms with Crippen LogP contribution in [0.3, 0.4) is 0 Å². The van der Waals surface area contributed by atoms with Crippen LogP contribution in [-0.4, -0.2) is 6.54 Å². The van der Waals surface area contributed by atoms with Gasteiger partial charge in [0, 0.05) is 11.6 Å². The summed E-state index contributed by atoms with van der Waals surface area (Å²) in [4.78, 5) is 0. The Labute approximate surface area is 85.5 Å². The van der Waals surface area contributed by atoms with Crippen LogP contribution < -0.4 is 5.32 Å². The van der Waals surface area contributed by atoms with Crippen molar-refractivity contribution in [3.8, 4) is 12.3 Å². The summed E-state index contributed by atoms with van der Waals surface area (Å²) in [5, 5.41) is 3.52. The molecule has 1 aliphatic heterocycles. The second-order valence-corrected chi connectivity index (χ2v) is 3.77. The molecule has 0 amide bonds. The fourth-order valence-electron chi connectivity index (χ4n) is 1.98. The molecule has 72 valence electrons. The molecule has 1 aliphatic rings. The zero-order chi connectivity index (χ0) is 9.80. The van der Waals surface area contributed by atoms with E-state index in [0.717, 1.165) is 12.1 Å². The molecule has 0 bridgehead atoms. The fraction of sp³-hybridized carbons (Fsp3) is 0.385. The smallest absolute Gasteiger partial charge is 0.0320 e. The fourth-order valence-corrected chi connectivity index (χ4v) is 1.98. The van der Waals surface area contributed by atoms with E-state index in [4.69, 9.17) is 6.42 Å². The molecule has 2 rings (SSSR count). The van der Waals surface area contributed by atoms with Crippen LogP contribution in [0.1, 0.15) is 36.4 Å². The molecule has 0 unspecified atom stereocenters. The molecule has 1 N–H and O–H groups in total. The normalized spacial score (nSPS) is 21.5. The Balaban J connectivity index is 2.18. The Morgan fingerprint density at radius 2 is 2.29 bits per heavy atom. The van der Waals surface area contributed by atoms with E-state index in [1.165, 1.54) is 24.8 Å². The molecular weight excluding hydrogens is 170 g/mol. The lowest BCUT2D eigenvalue weighted by Crippen LogP contribution is -2.26. The van der Waals surface area contributed by atoms with Gasteiger partial charge in [0.1, 0.15) is 0 Å². The predicted molar refractivity (Wildman–Crippen MR) is 59.0 cm³/mol. The van der Waals surface area contributed by atoms with Crippen molar-refractivity contribution in [2.45, 2.75) is 25.3 Å². The van der Waals surface area contributed by atoms with Crippen LogP contribution in [-0.2, 0) is 0 Å². The molecular formula is C13H15N. The van der Waals surface area contributed by atoms with Gasteiger partial charge in [-0.25, -0.2) is 0 Å². The molecule has 14 heavy (non-hydrogen) atoms. The van der Waals surface area contributed by atoms with Gasteiger partial charge in [-0.3, -0.25) is 0 Å². The van der Waals surface area contributed by atoms with Gasteiger partial charge in [0.25, 0.3) is 0 Å². The molecule has 1 fully saturated rings. The van der Waals surface area contributed by atoms with Gasteiger partial charge in [-0.15, -0.1) is 6.42 Å². The third-order valence-corrected chi connectivity index (χ3v) is 2.77. The second-order valence-electron chi connectivity index (χ2n) is 3.77. The molecule has 1 heterocycles. The van der Waals surface area contributed by atoms with E-state index in [0.29, 0.717) is 6.04 Å². The summed E-state index contributed by atoms with van der Waals surface area (Å²) in [5.74, 6) is 2.68. The quantitative estimate of drug-likeness (QED) is 0.663. The summed E-state index contributed by atoms with van der Waals surface area (Å²) >= 11 is 0. The highest BCUT2D eigenvalue weighted by Crippen LogP contribution is 2.23. The Morgan fingerprint density at radius 1 is 1.36 bits per heavy atom. The minimum absolute atomic E-state index is 0.511. The van der Waals surface area contributed by atoms with Crippen LogP contribution in [0.25, 0.3) is 0 Å². The summed E-state index contributed by atoms with van der Waals surface area (Å²) < 4.78 is 0. The van der Waals surface area contributed by atoms with Gasteiger partial charge in [-0.05, 0) is 37.1 Å². The lowest BCUT2D eigenvalue weighted by atomic mass is 9.96. The summed E-state index contributed by atoms with van der Waals surface area (Å²) in [5.41, 5.74) is 2.31. The van der Waals surface area contributed by atoms with Crippen molar-refractivity contribution >= 4 is 0 Å². The predicted octanol–water partition coefficient (Wildman–Crippen LogP) is 2.48. The third-order valence-electron chi connectivity index (χ3n) is 2.77. The van der Waals surface area contributed by atoms with Crippen LogP contribution >= 0.6 is 0 Å². The van der Waals surface area contributed by atoms with E-state index in [1.807, 2.05) is 12.1 Å². The number of hydrogen-bond acceptors (Lipinski definition) is 1. The summed E-state index contributed by atoms with van der Waals surface area (Å²) in [6, 6.07) is 8.80. The van der Waals surface area contributed by atoms with Crippen molar-refractivity contribution < 1.29 is 0 Å². The number of piperidine rings is 1. The molecule has 1 aromatic carbocycles. The number of rotatable bonds is 1. The van der Waals surface area contributed by atoms with E-state index in [2.05, 4.69) is 23.4 Å². The summed E-state index contributed by atoms with van der Waals surface area (Å²) in [6.45, 7) is 1.13. The molecule has 1 heteroatoms. The maximum absolute atomic E-state index is 5.38. The van der Waals surface area contributed by atoms with Gasteiger partial charge in [-0.2, -0.15) is 0 Å². The highest BCUT2D eigenvalue weighted by molar-refractivity contribution is 5.36. The van der Waals surface area contributed by atoms with Crippen LogP contribution in [0.15, 0.2) is 24.3 Å². The molecule has 1 saturated heterocycles. The van der Waals surface area contributed by atoms with E-state index in [-0.39, 0.29) is 0 Å². The Kier molecular flexibility index (Phi) is 2.86. The first-order valence-electron chi connectivity index (χ1n) is 5.20. The number of hydrogen-bond donors (Lipinski definition) is 1. The van der Waals surface area contributed by atoms with Crippen molar-refractivity contribution in [2.24, 2.45) is 0 Å². The standard InChI is InChI=1S/C13H15N/c1-2-11-6-5-7-12(10-11)13-8-3-4-9-14-13/h1,5-7,10,13-14H,3-4,8-9H2/t13-/m0/s1. The minimum Gasteiger partial charge on any atom is -0.310 e. The summed E-state index contributed by atoms with van der Waals surface area (Å²) in [6.07, 6.45) is 9.22. The van der Waals surface area contributed by atoms with Crippen molar-refractivity contribution in [3.05, 3.63) is 35.4 Å². The number of terminal acetylenes is 1. The van der Waals surface area contributed by atoms with E-state index < -0.39 is 0 Å². The average molecular weight is 185 g/mol. The third kappa shape index (κ3) is 1.97. The first-order chi connectivity index (χ1) is 6.90. The van der Waals surface area contributed by atoms with Crippen molar-refractivity contribution in [3.63, 3.8) is 0 Å². The zero-order valence-electron chi connectivity index (χ0n) is 8.29. The Bertz CT molecular complexity index is 342. The van der Waals surface area contributed by atoms with Gasteiger partial charge in [0.2, 0.25) is 0 Å². The largest absolute Gasteiger partial charge is 0.310 e. The molecule has 0 saturated carbocycles. The van der Waals surface area contributed by atoms with E-state index >= 15 is 0 Å². The van der Waals surface area contributed by atoms with Gasteiger partial charge < -0.3 is 5.32 Å². The number of benzene rings is 1. The first kappa shape index (κ1) is 9.30. The van der Waals surface area contributed by atoms with Crippen molar-refractivity contribution in [1.29, 1.82) is 0 Å². The molecule has 0 aromatic heterocycles. The van der Waals surface area contributed by atoms with Crippen LogP contribution in [0, 0.1) is 12.3 Å². The van der Waals surface area contributed by atoms with Gasteiger partial charge >= 0.3 is 0 Å². The highest BCUT2D eigenvalue weighted by atomic mass is 14.9. The SMILES string of the molecule is C#Cc1cccc([C@@H]2CCCCN2)c1. The maximum Gasteiger partial charge on any atom is 0.0320 e. The van der Waals surface area contributed by atoms with E-state index in [1.54, 1.807) is 0 Å². The average Bonchev–Trinajstić information content (AvgIpc) is 2.30. The van der Waals surface area contributed by atoms with Crippen LogP contribution in [0.5, 0.6) is 0 Å². The molecule has 0 spiro atoms. The van der Waals surface area contributed by atoms with Crippen molar-refractivity contribution in [2.75, 3.05) is 6.54 Å². The van der Waals surface area contributed by atoms with Gasteiger partial charge in [0.05, 0.1) is 0 Å². The first-order valence-corrected chi connectivity index (χ1v) is 5.20. The summed E-state index contributed by atoms with van der Waals surface area (Å²) in [7, 11) is 0. The zero-order valence-corrected chi connectivity index (χ0v) is 8.29. The Hall–Kier alpha value is -1.26. The molecule has 0 radical (unpaired) electrons. The molecule has 1 nitrogen and oxygen atoms in total. The monoisotopic (exact) mass is 185 g/mol. The van der Waals surface area contributed by atoms with Gasteiger partial charge in [0.15, 0.2) is 0 Å². The number of nitrogens with one attached hydrogen (secondary N) is 1. The van der Waals surface area contributed by atoms with Gasteiger partial charge in [-0.1, -0.05) is 24.5 Å². The molecule has 1 aromatic rings. The molecule has 1 atom stereocenters. The van der Waals surface area contributed by atoms with E-state index in [9.17, 15) is 0 Å². The minimum atomic E-state index is 0.511. The maximum atomic E-state index is 5.38. The topological polar surface area (TPSA) is 12.0 Å². The Morgan fingerprint density at radius 3 is 3.00 bits per heavy atom. The lowest BCUT2D eigenvalue weighted by Gasteiger charge is -2.23. The highest BCUT2D eigenvalue weighted by Gasteiger charge is 2.14. The van der Waals surface area contributed by atoms with Crippen molar-refractivity contribution in [1.82, 2.24) is 5.32 Å².